The van der Waals surface area contributed by atoms with Gasteiger partial charge in [0.25, 0.3) is 0 Å². The van der Waals surface area contributed by atoms with Crippen molar-refractivity contribution in [3.63, 3.8) is 0 Å². The Bertz CT molecular complexity index is 552. The summed E-state index contributed by atoms with van der Waals surface area (Å²) in [5.41, 5.74) is 2.04. The summed E-state index contributed by atoms with van der Waals surface area (Å²) in [6, 6.07) is 8.04. The average Bonchev–Trinajstić information content (AvgIpc) is 2.81. The van der Waals surface area contributed by atoms with Crippen molar-refractivity contribution in [2.75, 3.05) is 13.2 Å². The summed E-state index contributed by atoms with van der Waals surface area (Å²) in [4.78, 5) is 3.35. The number of para-hydroxylation sites is 1. The number of H-pyrrole nitrogens is 1. The Morgan fingerprint density at radius 3 is 2.55 bits per heavy atom. The number of hydrogen-bond donors (Lipinski definition) is 3. The zero-order valence-corrected chi connectivity index (χ0v) is 12.9. The van der Waals surface area contributed by atoms with E-state index in [2.05, 4.69) is 24.1 Å². The number of benzene rings is 1. The van der Waals surface area contributed by atoms with Gasteiger partial charge in [-0.2, -0.15) is 0 Å². The number of hydrogen-bond acceptors (Lipinski definition) is 2. The summed E-state index contributed by atoms with van der Waals surface area (Å²) in [6.07, 6.45) is 1.93. The normalized spacial score (nSPS) is 12.2. The lowest BCUT2D eigenvalue weighted by molar-refractivity contribution is 0.113. The predicted molar refractivity (Wildman–Crippen MR) is 85.1 cm³/mol. The van der Waals surface area contributed by atoms with Gasteiger partial charge in [0, 0.05) is 41.7 Å². The molecule has 20 heavy (non-hydrogen) atoms. The lowest BCUT2D eigenvalue weighted by atomic mass is 9.83. The van der Waals surface area contributed by atoms with E-state index in [1.54, 1.807) is 0 Å². The zero-order valence-electron chi connectivity index (χ0n) is 12.2. The second kappa shape index (κ2) is 6.61. The van der Waals surface area contributed by atoms with E-state index < -0.39 is 0 Å². The Kier molecular flexibility index (Phi) is 5.08. The van der Waals surface area contributed by atoms with Crippen LogP contribution in [0, 0.1) is 5.41 Å². The molecule has 1 aromatic heterocycles. The molecule has 0 saturated heterocycles. The van der Waals surface area contributed by atoms with Gasteiger partial charge in [-0.3, -0.25) is 0 Å². The van der Waals surface area contributed by atoms with E-state index in [-0.39, 0.29) is 12.0 Å². The van der Waals surface area contributed by atoms with Crippen LogP contribution in [-0.4, -0.2) is 23.2 Å². The van der Waals surface area contributed by atoms with Crippen LogP contribution in [0.15, 0.2) is 24.3 Å². The van der Waals surface area contributed by atoms with Crippen molar-refractivity contribution in [3.05, 3.63) is 35.0 Å². The smallest absolute Gasteiger partial charge is 0.0705 e. The van der Waals surface area contributed by atoms with Gasteiger partial charge in [0.2, 0.25) is 0 Å². The number of aliphatic hydroxyl groups is 1. The summed E-state index contributed by atoms with van der Waals surface area (Å²) < 4.78 is 0. The van der Waals surface area contributed by atoms with Crippen molar-refractivity contribution < 1.29 is 5.11 Å². The van der Waals surface area contributed by atoms with Crippen LogP contribution in [0.4, 0.5) is 0 Å². The molecule has 0 bridgehead atoms. The highest BCUT2D eigenvalue weighted by Crippen LogP contribution is 2.28. The van der Waals surface area contributed by atoms with Crippen molar-refractivity contribution in [2.45, 2.75) is 33.2 Å². The minimum Gasteiger partial charge on any atom is -0.396 e. The van der Waals surface area contributed by atoms with E-state index in [9.17, 15) is 5.11 Å². The number of aromatic nitrogens is 1. The molecule has 3 N–H and O–H groups in total. The fraction of sp³-hybridized carbons (Fsp3) is 0.500. The van der Waals surface area contributed by atoms with Crippen LogP contribution in [0.25, 0.3) is 10.9 Å². The van der Waals surface area contributed by atoms with Gasteiger partial charge < -0.3 is 15.4 Å². The Morgan fingerprint density at radius 1 is 1.25 bits per heavy atom. The highest BCUT2D eigenvalue weighted by molar-refractivity contribution is 6.36. The van der Waals surface area contributed by atoms with Crippen LogP contribution in [0.5, 0.6) is 0 Å². The molecule has 0 spiro atoms. The van der Waals surface area contributed by atoms with E-state index in [0.29, 0.717) is 6.54 Å². The van der Waals surface area contributed by atoms with Crippen molar-refractivity contribution in [2.24, 2.45) is 5.41 Å². The Morgan fingerprint density at radius 2 is 1.95 bits per heavy atom. The first-order chi connectivity index (χ1) is 9.65. The number of fused-ring (bicyclic) bond motifs is 1. The van der Waals surface area contributed by atoms with Gasteiger partial charge in [0.15, 0.2) is 0 Å². The molecule has 0 aliphatic carbocycles. The molecule has 0 atom stereocenters. The van der Waals surface area contributed by atoms with Crippen LogP contribution in [-0.2, 0) is 6.54 Å². The van der Waals surface area contributed by atoms with Crippen molar-refractivity contribution in [1.29, 1.82) is 0 Å². The van der Waals surface area contributed by atoms with Gasteiger partial charge in [-0.1, -0.05) is 43.6 Å². The molecule has 0 aliphatic rings. The van der Waals surface area contributed by atoms with Crippen molar-refractivity contribution >= 4 is 22.5 Å². The summed E-state index contributed by atoms with van der Waals surface area (Å²) in [5, 5.41) is 14.8. The number of aliphatic hydroxyl groups excluding tert-OH is 1. The minimum absolute atomic E-state index is 0.0293. The maximum Gasteiger partial charge on any atom is 0.0705 e. The first-order valence-electron chi connectivity index (χ1n) is 7.22. The van der Waals surface area contributed by atoms with Crippen molar-refractivity contribution in [3.8, 4) is 0 Å². The Hall–Kier alpha value is -1.03. The molecule has 3 nitrogen and oxygen atoms in total. The largest absolute Gasteiger partial charge is 0.396 e. The fourth-order valence-corrected chi connectivity index (χ4v) is 2.80. The fourth-order valence-electron chi connectivity index (χ4n) is 2.52. The topological polar surface area (TPSA) is 48.0 Å². The molecule has 0 aliphatic heterocycles. The molecule has 0 radical (unpaired) electrons. The average molecular weight is 295 g/mol. The van der Waals surface area contributed by atoms with Crippen LogP contribution in [0.3, 0.4) is 0 Å². The maximum atomic E-state index is 9.57. The Balaban J connectivity index is 2.04. The lowest BCUT2D eigenvalue weighted by Crippen LogP contribution is -2.36. The summed E-state index contributed by atoms with van der Waals surface area (Å²) in [5.74, 6) is 0. The molecule has 0 fully saturated rings. The lowest BCUT2D eigenvalue weighted by Gasteiger charge is -2.29. The number of halogens is 1. The molecule has 2 rings (SSSR count). The first-order valence-corrected chi connectivity index (χ1v) is 7.60. The molecule has 0 saturated carbocycles. The highest BCUT2D eigenvalue weighted by Gasteiger charge is 2.24. The van der Waals surface area contributed by atoms with Crippen LogP contribution in [0.2, 0.25) is 5.02 Å². The van der Waals surface area contributed by atoms with E-state index in [4.69, 9.17) is 11.6 Å². The van der Waals surface area contributed by atoms with Crippen molar-refractivity contribution in [1.82, 2.24) is 10.3 Å². The first kappa shape index (κ1) is 15.4. The molecular formula is C16H23ClN2O. The quantitative estimate of drug-likeness (QED) is 0.729. The Labute approximate surface area is 125 Å². The molecule has 2 aromatic rings. The third kappa shape index (κ3) is 3.00. The number of aromatic amines is 1. The van der Waals surface area contributed by atoms with Crippen LogP contribution in [0.1, 0.15) is 32.4 Å². The number of rotatable bonds is 7. The zero-order chi connectivity index (χ0) is 14.6. The van der Waals surface area contributed by atoms with E-state index in [1.807, 2.05) is 24.3 Å². The second-order valence-corrected chi connectivity index (χ2v) is 5.81. The molecular weight excluding hydrogens is 272 g/mol. The van der Waals surface area contributed by atoms with Crippen LogP contribution >= 0.6 is 11.6 Å². The standard InChI is InChI=1S/C16H23ClN2O/c1-3-16(4-2,11-20)10-18-9-14-15(17)12-7-5-6-8-13(12)19-14/h5-8,18-20H,3-4,9-11H2,1-2H3. The van der Waals surface area contributed by atoms with Gasteiger partial charge in [0.1, 0.15) is 0 Å². The summed E-state index contributed by atoms with van der Waals surface area (Å²) in [6.45, 7) is 5.94. The molecule has 0 unspecified atom stereocenters. The van der Waals surface area contributed by atoms with E-state index in [0.717, 1.165) is 41.0 Å². The predicted octanol–water partition coefficient (Wildman–Crippen LogP) is 3.71. The van der Waals surface area contributed by atoms with Gasteiger partial charge in [-0.25, -0.2) is 0 Å². The van der Waals surface area contributed by atoms with E-state index in [1.165, 1.54) is 0 Å². The third-order valence-electron chi connectivity index (χ3n) is 4.35. The second-order valence-electron chi connectivity index (χ2n) is 5.43. The summed E-state index contributed by atoms with van der Waals surface area (Å²) in [7, 11) is 0. The van der Waals surface area contributed by atoms with Gasteiger partial charge >= 0.3 is 0 Å². The molecule has 1 aromatic carbocycles. The highest BCUT2D eigenvalue weighted by atomic mass is 35.5. The van der Waals surface area contributed by atoms with Crippen LogP contribution < -0.4 is 5.32 Å². The molecule has 1 heterocycles. The van der Waals surface area contributed by atoms with E-state index >= 15 is 0 Å². The number of nitrogens with one attached hydrogen (secondary N) is 2. The van der Waals surface area contributed by atoms with Gasteiger partial charge in [0.05, 0.1) is 5.02 Å². The summed E-state index contributed by atoms with van der Waals surface area (Å²) >= 11 is 6.39. The van der Waals surface area contributed by atoms with Gasteiger partial charge in [-0.05, 0) is 18.9 Å². The minimum atomic E-state index is -0.0293. The third-order valence-corrected chi connectivity index (χ3v) is 4.78. The molecule has 0 amide bonds. The SMILES string of the molecule is CCC(CC)(CO)CNCc1[nH]c2ccccc2c1Cl. The molecule has 4 heteroatoms. The van der Waals surface area contributed by atoms with Gasteiger partial charge in [-0.15, -0.1) is 0 Å². The molecule has 110 valence electrons. The maximum absolute atomic E-state index is 9.57. The monoisotopic (exact) mass is 294 g/mol.